The number of fused-ring (bicyclic) bond motifs is 1. The van der Waals surface area contributed by atoms with Crippen LogP contribution in [-0.2, 0) is 11.2 Å². The van der Waals surface area contributed by atoms with Crippen LogP contribution in [-0.4, -0.2) is 21.0 Å². The monoisotopic (exact) mass is 312 g/mol. The molecule has 0 spiro atoms. The Bertz CT molecular complexity index is 886. The largest absolute Gasteiger partial charge is 0.354 e. The molecule has 0 bridgehead atoms. The van der Waals surface area contributed by atoms with E-state index in [1.54, 1.807) is 6.07 Å². The third-order valence-electron chi connectivity index (χ3n) is 3.28. The number of anilines is 2. The topological polar surface area (TPSA) is 111 Å². The lowest BCUT2D eigenvalue weighted by Gasteiger charge is -2.07. The first kappa shape index (κ1) is 14.6. The highest BCUT2D eigenvalue weighted by molar-refractivity contribution is 5.94. The average molecular weight is 312 g/mol. The standard InChI is InChI=1S/C15H12N4O4/c1-9(20)8-10-2-4-11(5-3-10)16-12-6-7-13(19(21)22)15-14(12)17-23-18-15/h2-7,16H,8H2,1H3. The summed E-state index contributed by atoms with van der Waals surface area (Å²) in [5, 5.41) is 21.4. The van der Waals surface area contributed by atoms with Gasteiger partial charge in [0.25, 0.3) is 0 Å². The zero-order chi connectivity index (χ0) is 16.4. The molecule has 116 valence electrons. The fourth-order valence-corrected chi connectivity index (χ4v) is 2.25. The molecule has 23 heavy (non-hydrogen) atoms. The minimum atomic E-state index is -0.535. The first-order valence-corrected chi connectivity index (χ1v) is 6.79. The molecule has 8 heteroatoms. The van der Waals surface area contributed by atoms with Crippen LogP contribution in [0.1, 0.15) is 12.5 Å². The van der Waals surface area contributed by atoms with E-state index in [0.717, 1.165) is 11.3 Å². The zero-order valence-electron chi connectivity index (χ0n) is 12.1. The Morgan fingerprint density at radius 3 is 2.52 bits per heavy atom. The third kappa shape index (κ3) is 3.00. The van der Waals surface area contributed by atoms with Crippen LogP contribution in [0, 0.1) is 10.1 Å². The fraction of sp³-hybridized carbons (Fsp3) is 0.133. The highest BCUT2D eigenvalue weighted by Crippen LogP contribution is 2.30. The van der Waals surface area contributed by atoms with Crippen molar-refractivity contribution >= 4 is 33.9 Å². The molecular formula is C15H12N4O4. The number of carbonyl (C=O) groups excluding carboxylic acids is 1. The Kier molecular flexibility index (Phi) is 3.71. The first-order valence-electron chi connectivity index (χ1n) is 6.79. The zero-order valence-corrected chi connectivity index (χ0v) is 12.1. The molecule has 0 amide bonds. The maximum atomic E-state index is 11.1. The van der Waals surface area contributed by atoms with Crippen molar-refractivity contribution in [3.63, 3.8) is 0 Å². The molecule has 1 N–H and O–H groups in total. The van der Waals surface area contributed by atoms with Gasteiger partial charge in [-0.15, -0.1) is 0 Å². The second-order valence-electron chi connectivity index (χ2n) is 5.05. The highest BCUT2D eigenvalue weighted by Gasteiger charge is 2.19. The summed E-state index contributed by atoms with van der Waals surface area (Å²) >= 11 is 0. The van der Waals surface area contributed by atoms with E-state index in [9.17, 15) is 14.9 Å². The molecule has 0 fully saturated rings. The van der Waals surface area contributed by atoms with Crippen LogP contribution in [0.3, 0.4) is 0 Å². The first-order chi connectivity index (χ1) is 11.0. The number of rotatable bonds is 5. The van der Waals surface area contributed by atoms with Crippen LogP contribution in [0.5, 0.6) is 0 Å². The molecule has 0 aliphatic rings. The van der Waals surface area contributed by atoms with Gasteiger partial charge in [-0.2, -0.15) is 0 Å². The Morgan fingerprint density at radius 1 is 1.17 bits per heavy atom. The second kappa shape index (κ2) is 5.84. The average Bonchev–Trinajstić information content (AvgIpc) is 2.98. The molecule has 0 radical (unpaired) electrons. The lowest BCUT2D eigenvalue weighted by molar-refractivity contribution is -0.383. The van der Waals surface area contributed by atoms with Crippen molar-refractivity contribution in [3.8, 4) is 0 Å². The van der Waals surface area contributed by atoms with Gasteiger partial charge >= 0.3 is 5.69 Å². The van der Waals surface area contributed by atoms with Gasteiger partial charge in [-0.3, -0.25) is 14.9 Å². The van der Waals surface area contributed by atoms with Crippen molar-refractivity contribution in [2.24, 2.45) is 0 Å². The molecule has 0 aliphatic heterocycles. The van der Waals surface area contributed by atoms with Gasteiger partial charge in [0.05, 0.1) is 10.6 Å². The number of Topliss-reactive ketones (excluding diaryl/α,β-unsaturated/α-hetero) is 1. The summed E-state index contributed by atoms with van der Waals surface area (Å²) in [7, 11) is 0. The van der Waals surface area contributed by atoms with Crippen LogP contribution < -0.4 is 5.32 Å². The number of aromatic nitrogens is 2. The highest BCUT2D eigenvalue weighted by atomic mass is 16.6. The van der Waals surface area contributed by atoms with Gasteiger partial charge in [0.2, 0.25) is 5.52 Å². The van der Waals surface area contributed by atoms with Crippen LogP contribution in [0.25, 0.3) is 11.0 Å². The summed E-state index contributed by atoms with van der Waals surface area (Å²) in [5.74, 6) is 0.0939. The van der Waals surface area contributed by atoms with Crippen molar-refractivity contribution in [2.45, 2.75) is 13.3 Å². The van der Waals surface area contributed by atoms with E-state index in [2.05, 4.69) is 20.3 Å². The molecule has 0 atom stereocenters. The molecule has 0 saturated carbocycles. The molecule has 8 nitrogen and oxygen atoms in total. The number of nitrogens with zero attached hydrogens (tertiary/aromatic N) is 3. The van der Waals surface area contributed by atoms with E-state index in [1.807, 2.05) is 24.3 Å². The number of ketones is 1. The number of nitro benzene ring substituents is 1. The van der Waals surface area contributed by atoms with Gasteiger partial charge in [-0.05, 0) is 41.0 Å². The summed E-state index contributed by atoms with van der Waals surface area (Å²) < 4.78 is 4.62. The van der Waals surface area contributed by atoms with Gasteiger partial charge in [-0.25, -0.2) is 4.63 Å². The van der Waals surface area contributed by atoms with Crippen molar-refractivity contribution in [3.05, 3.63) is 52.1 Å². The van der Waals surface area contributed by atoms with Crippen LogP contribution >= 0.6 is 0 Å². The maximum Gasteiger partial charge on any atom is 0.300 e. The van der Waals surface area contributed by atoms with Crippen LogP contribution in [0.15, 0.2) is 41.0 Å². The molecule has 3 aromatic rings. The van der Waals surface area contributed by atoms with E-state index in [4.69, 9.17) is 0 Å². The van der Waals surface area contributed by atoms with Gasteiger partial charge in [0, 0.05) is 18.2 Å². The molecule has 2 aromatic carbocycles. The van der Waals surface area contributed by atoms with Crippen molar-refractivity contribution in [2.75, 3.05) is 5.32 Å². The number of hydrogen-bond acceptors (Lipinski definition) is 7. The lowest BCUT2D eigenvalue weighted by atomic mass is 10.1. The number of benzene rings is 2. The summed E-state index contributed by atoms with van der Waals surface area (Å²) in [6, 6.07) is 10.2. The number of nitrogens with one attached hydrogen (secondary N) is 1. The Labute approximate surface area is 130 Å². The summed E-state index contributed by atoms with van der Waals surface area (Å²) in [6.07, 6.45) is 0.384. The van der Waals surface area contributed by atoms with E-state index in [1.165, 1.54) is 13.0 Å². The number of carbonyl (C=O) groups is 1. The Morgan fingerprint density at radius 2 is 1.87 bits per heavy atom. The Balaban J connectivity index is 1.90. The molecule has 0 saturated heterocycles. The number of nitro groups is 1. The molecular weight excluding hydrogens is 300 g/mol. The second-order valence-corrected chi connectivity index (χ2v) is 5.05. The SMILES string of the molecule is CC(=O)Cc1ccc(Nc2ccc([N+](=O)[O-])c3nonc23)cc1. The van der Waals surface area contributed by atoms with Crippen molar-refractivity contribution < 1.29 is 14.3 Å². The predicted molar refractivity (Wildman–Crippen MR) is 82.6 cm³/mol. The predicted octanol–water partition coefficient (Wildman–Crippen LogP) is 3.01. The molecule has 0 unspecified atom stereocenters. The summed E-state index contributed by atoms with van der Waals surface area (Å²) in [5.41, 5.74) is 2.44. The van der Waals surface area contributed by atoms with Crippen molar-refractivity contribution in [1.82, 2.24) is 10.3 Å². The van der Waals surface area contributed by atoms with E-state index < -0.39 is 4.92 Å². The summed E-state index contributed by atoms with van der Waals surface area (Å²) in [6.45, 7) is 1.54. The van der Waals surface area contributed by atoms with Crippen LogP contribution in [0.4, 0.5) is 17.1 Å². The quantitative estimate of drug-likeness (QED) is 0.569. The van der Waals surface area contributed by atoms with Gasteiger partial charge < -0.3 is 5.32 Å². The fourth-order valence-electron chi connectivity index (χ4n) is 2.25. The minimum absolute atomic E-state index is 0.0909. The number of non-ortho nitro benzene ring substituents is 1. The van der Waals surface area contributed by atoms with E-state index in [0.29, 0.717) is 12.1 Å². The molecule has 1 heterocycles. The van der Waals surface area contributed by atoms with Gasteiger partial charge in [0.15, 0.2) is 5.52 Å². The minimum Gasteiger partial charge on any atom is -0.354 e. The lowest BCUT2D eigenvalue weighted by Crippen LogP contribution is -1.97. The third-order valence-corrected chi connectivity index (χ3v) is 3.28. The normalized spacial score (nSPS) is 10.7. The molecule has 3 rings (SSSR count). The smallest absolute Gasteiger partial charge is 0.300 e. The van der Waals surface area contributed by atoms with E-state index in [-0.39, 0.29) is 22.5 Å². The molecule has 0 aliphatic carbocycles. The van der Waals surface area contributed by atoms with E-state index >= 15 is 0 Å². The van der Waals surface area contributed by atoms with Crippen molar-refractivity contribution in [1.29, 1.82) is 0 Å². The maximum absolute atomic E-state index is 11.1. The van der Waals surface area contributed by atoms with Gasteiger partial charge in [0.1, 0.15) is 5.78 Å². The molecule has 1 aromatic heterocycles. The van der Waals surface area contributed by atoms with Gasteiger partial charge in [-0.1, -0.05) is 12.1 Å². The van der Waals surface area contributed by atoms with Crippen LogP contribution in [0.2, 0.25) is 0 Å². The number of hydrogen-bond donors (Lipinski definition) is 1. The Hall–Kier alpha value is -3.29. The summed E-state index contributed by atoms with van der Waals surface area (Å²) in [4.78, 5) is 21.5.